The molecule has 1 heterocycles. The predicted octanol–water partition coefficient (Wildman–Crippen LogP) is 4.31. The molecule has 2 aromatic rings. The van der Waals surface area contributed by atoms with Gasteiger partial charge in [0.2, 0.25) is 5.60 Å². The summed E-state index contributed by atoms with van der Waals surface area (Å²) in [6, 6.07) is 6.28. The third-order valence-corrected chi connectivity index (χ3v) is 7.97. The van der Waals surface area contributed by atoms with E-state index in [2.05, 4.69) is 4.74 Å². The van der Waals surface area contributed by atoms with E-state index in [4.69, 9.17) is 4.74 Å². The molecule has 0 bridgehead atoms. The van der Waals surface area contributed by atoms with Crippen LogP contribution in [0.5, 0.6) is 5.75 Å². The zero-order valence-electron chi connectivity index (χ0n) is 21.7. The van der Waals surface area contributed by atoms with Crippen LogP contribution in [0, 0.1) is 0 Å². The lowest BCUT2D eigenvalue weighted by molar-refractivity contribution is -0.257. The number of carbonyl (C=O) groups excluding carboxylic acids is 1. The lowest BCUT2D eigenvalue weighted by Gasteiger charge is -2.37. The summed E-state index contributed by atoms with van der Waals surface area (Å²) in [4.78, 5) is 22.9. The SMILES string of the molecule is CC(C)(OC(=O)Cc1ccc2c(c1)N(S(=O)(=O)c1cccc(C(F)(F)F)c1)C[C@H](C[C@](C)(O)C(=O)O)O2)C(F)(F)F. The van der Waals surface area contributed by atoms with Crippen LogP contribution >= 0.6 is 0 Å². The minimum absolute atomic E-state index is 0.0180. The van der Waals surface area contributed by atoms with Gasteiger partial charge in [0.25, 0.3) is 10.0 Å². The third kappa shape index (κ3) is 7.04. The number of carboxylic acids is 1. The first-order chi connectivity index (χ1) is 18.5. The molecule has 2 aromatic carbocycles. The van der Waals surface area contributed by atoms with Crippen molar-refractivity contribution in [3.63, 3.8) is 0 Å². The number of carbonyl (C=O) groups is 2. The Hall–Kier alpha value is -3.53. The van der Waals surface area contributed by atoms with Crippen molar-refractivity contribution in [2.75, 3.05) is 10.8 Å². The molecule has 1 aliphatic rings. The number of hydrogen-bond acceptors (Lipinski definition) is 7. The van der Waals surface area contributed by atoms with E-state index in [1.54, 1.807) is 0 Å². The number of aliphatic hydroxyl groups is 1. The number of hydrogen-bond donors (Lipinski definition) is 2. The van der Waals surface area contributed by atoms with E-state index in [0.29, 0.717) is 30.3 Å². The van der Waals surface area contributed by atoms with Crippen molar-refractivity contribution in [1.82, 2.24) is 0 Å². The number of nitrogens with zero attached hydrogens (tertiary/aromatic N) is 1. The largest absolute Gasteiger partial charge is 0.486 e. The highest BCUT2D eigenvalue weighted by atomic mass is 32.2. The van der Waals surface area contributed by atoms with Crippen LogP contribution in [-0.2, 0) is 36.9 Å². The Morgan fingerprint density at radius 1 is 1.05 bits per heavy atom. The maximum atomic E-state index is 13.6. The molecule has 0 unspecified atom stereocenters. The number of sulfonamides is 1. The van der Waals surface area contributed by atoms with Crippen LogP contribution in [0.15, 0.2) is 47.4 Å². The molecule has 0 spiro atoms. The molecular weight excluding hydrogens is 588 g/mol. The number of aliphatic carboxylic acids is 1. The molecule has 16 heteroatoms. The minimum atomic E-state index is -4.88. The van der Waals surface area contributed by atoms with Gasteiger partial charge in [0.1, 0.15) is 11.9 Å². The molecule has 0 aliphatic carbocycles. The number of esters is 1. The van der Waals surface area contributed by atoms with Crippen LogP contribution in [0.3, 0.4) is 0 Å². The number of benzene rings is 2. The maximum absolute atomic E-state index is 13.6. The quantitative estimate of drug-likeness (QED) is 0.333. The van der Waals surface area contributed by atoms with Gasteiger partial charge in [-0.1, -0.05) is 12.1 Å². The number of halogens is 6. The lowest BCUT2D eigenvalue weighted by atomic mass is 9.97. The van der Waals surface area contributed by atoms with Crippen molar-refractivity contribution in [3.8, 4) is 5.75 Å². The zero-order chi connectivity index (χ0) is 31.2. The second kappa shape index (κ2) is 10.7. The van der Waals surface area contributed by atoms with E-state index in [0.717, 1.165) is 31.2 Å². The molecule has 9 nitrogen and oxygen atoms in total. The van der Waals surface area contributed by atoms with Gasteiger partial charge in [-0.05, 0) is 56.7 Å². The van der Waals surface area contributed by atoms with Gasteiger partial charge < -0.3 is 19.7 Å². The zero-order valence-corrected chi connectivity index (χ0v) is 22.5. The summed E-state index contributed by atoms with van der Waals surface area (Å²) in [5, 5.41) is 19.5. The number of fused-ring (bicyclic) bond motifs is 1. The van der Waals surface area contributed by atoms with Crippen LogP contribution < -0.4 is 9.04 Å². The monoisotopic (exact) mass is 613 g/mol. The van der Waals surface area contributed by atoms with Gasteiger partial charge in [-0.3, -0.25) is 9.10 Å². The second-order valence-electron chi connectivity index (χ2n) is 10.0. The van der Waals surface area contributed by atoms with E-state index in [1.807, 2.05) is 0 Å². The Labute approximate surface area is 230 Å². The Morgan fingerprint density at radius 2 is 1.68 bits per heavy atom. The molecule has 0 saturated heterocycles. The minimum Gasteiger partial charge on any atom is -0.486 e. The highest BCUT2D eigenvalue weighted by Gasteiger charge is 2.51. The van der Waals surface area contributed by atoms with Crippen molar-refractivity contribution >= 4 is 27.6 Å². The van der Waals surface area contributed by atoms with Crippen LogP contribution in [-0.4, -0.2) is 60.6 Å². The molecule has 41 heavy (non-hydrogen) atoms. The predicted molar refractivity (Wildman–Crippen MR) is 130 cm³/mol. The average Bonchev–Trinajstić information content (AvgIpc) is 2.81. The fraction of sp³-hybridized carbons (Fsp3) is 0.440. The summed E-state index contributed by atoms with van der Waals surface area (Å²) in [6.07, 6.45) is -12.4. The van der Waals surface area contributed by atoms with Crippen molar-refractivity contribution in [2.45, 2.75) is 68.2 Å². The normalized spacial score (nSPS) is 17.7. The maximum Gasteiger partial charge on any atom is 0.427 e. The first-order valence-electron chi connectivity index (χ1n) is 11.8. The summed E-state index contributed by atoms with van der Waals surface area (Å²) < 4.78 is 117. The molecule has 0 radical (unpaired) electrons. The molecule has 0 amide bonds. The smallest absolute Gasteiger partial charge is 0.427 e. The topological polar surface area (TPSA) is 130 Å². The number of carboxylic acid groups (broad SMARTS) is 1. The van der Waals surface area contributed by atoms with E-state index >= 15 is 0 Å². The Bertz CT molecular complexity index is 1440. The van der Waals surface area contributed by atoms with Crippen LogP contribution in [0.4, 0.5) is 32.0 Å². The number of alkyl halides is 6. The van der Waals surface area contributed by atoms with Crippen molar-refractivity contribution in [1.29, 1.82) is 0 Å². The molecule has 0 fully saturated rings. The summed E-state index contributed by atoms with van der Waals surface area (Å²) in [6.45, 7) is 1.56. The first-order valence-corrected chi connectivity index (χ1v) is 13.2. The van der Waals surface area contributed by atoms with Gasteiger partial charge in [-0.25, -0.2) is 13.2 Å². The molecule has 2 N–H and O–H groups in total. The standard InChI is InChI=1S/C25H25F6NO8S/c1-22(2,25(29,30)31)40-20(33)10-14-7-8-19-18(9-14)32(13-16(39-19)12-23(3,36)21(34)35)41(37,38)17-6-4-5-15(11-17)24(26,27)28/h4-9,11,16,36H,10,12-13H2,1-3H3,(H,34,35)/t16-,23-/m0/s1. The number of rotatable bonds is 8. The summed E-state index contributed by atoms with van der Waals surface area (Å²) in [7, 11) is -4.80. The average molecular weight is 614 g/mol. The summed E-state index contributed by atoms with van der Waals surface area (Å²) in [5.41, 5.74) is -6.76. The van der Waals surface area contributed by atoms with Crippen LogP contribution in [0.2, 0.25) is 0 Å². The van der Waals surface area contributed by atoms with E-state index in [-0.39, 0.29) is 17.0 Å². The molecule has 0 saturated carbocycles. The van der Waals surface area contributed by atoms with Crippen LogP contribution in [0.25, 0.3) is 0 Å². The molecule has 2 atom stereocenters. The second-order valence-corrected chi connectivity index (χ2v) is 11.9. The van der Waals surface area contributed by atoms with Crippen LogP contribution in [0.1, 0.15) is 38.3 Å². The molecular formula is C25H25F6NO8S. The Balaban J connectivity index is 2.05. The Morgan fingerprint density at radius 3 is 2.24 bits per heavy atom. The molecule has 1 aliphatic heterocycles. The molecule has 0 aromatic heterocycles. The first kappa shape index (κ1) is 32.0. The third-order valence-electron chi connectivity index (χ3n) is 6.19. The van der Waals surface area contributed by atoms with Gasteiger partial charge in [0, 0.05) is 6.42 Å². The molecule has 3 rings (SSSR count). The van der Waals surface area contributed by atoms with E-state index in [1.165, 1.54) is 6.07 Å². The van der Waals surface area contributed by atoms with Gasteiger partial charge in [-0.15, -0.1) is 0 Å². The van der Waals surface area contributed by atoms with Gasteiger partial charge >= 0.3 is 24.3 Å². The van der Waals surface area contributed by atoms with Crippen molar-refractivity contribution in [2.24, 2.45) is 0 Å². The van der Waals surface area contributed by atoms with Crippen molar-refractivity contribution in [3.05, 3.63) is 53.6 Å². The van der Waals surface area contributed by atoms with Gasteiger partial charge in [-0.2, -0.15) is 26.3 Å². The fourth-order valence-electron chi connectivity index (χ4n) is 3.84. The van der Waals surface area contributed by atoms with E-state index in [9.17, 15) is 54.6 Å². The van der Waals surface area contributed by atoms with Crippen molar-refractivity contribution < 1.29 is 64.0 Å². The number of anilines is 1. The molecule has 226 valence electrons. The van der Waals surface area contributed by atoms with Gasteiger partial charge in [0.15, 0.2) is 5.60 Å². The Kier molecular flexibility index (Phi) is 8.35. The fourth-order valence-corrected chi connectivity index (χ4v) is 5.38. The van der Waals surface area contributed by atoms with E-state index < -0.39 is 81.5 Å². The summed E-state index contributed by atoms with van der Waals surface area (Å²) in [5.74, 6) is -3.15. The highest BCUT2D eigenvalue weighted by Crippen LogP contribution is 2.40. The van der Waals surface area contributed by atoms with Gasteiger partial charge in [0.05, 0.1) is 29.1 Å². The lowest BCUT2D eigenvalue weighted by Crippen LogP contribution is -2.48. The summed E-state index contributed by atoms with van der Waals surface area (Å²) >= 11 is 0. The number of ether oxygens (including phenoxy) is 2. The highest BCUT2D eigenvalue weighted by molar-refractivity contribution is 7.92.